The van der Waals surface area contributed by atoms with E-state index in [9.17, 15) is 14.7 Å². The van der Waals surface area contributed by atoms with Gasteiger partial charge in [0.25, 0.3) is 0 Å². The predicted molar refractivity (Wildman–Crippen MR) is 55.1 cm³/mol. The molecular formula is C10H18N2O3. The molecule has 0 radical (unpaired) electrons. The second-order valence-corrected chi connectivity index (χ2v) is 4.17. The van der Waals surface area contributed by atoms with E-state index in [1.807, 2.05) is 13.8 Å². The van der Waals surface area contributed by atoms with E-state index in [1.54, 1.807) is 0 Å². The lowest BCUT2D eigenvalue weighted by Crippen LogP contribution is -2.35. The van der Waals surface area contributed by atoms with Gasteiger partial charge in [-0.2, -0.15) is 0 Å². The maximum Gasteiger partial charge on any atom is 0.225 e. The Morgan fingerprint density at radius 3 is 2.80 bits per heavy atom. The topological polar surface area (TPSA) is 69.6 Å². The first-order valence-corrected chi connectivity index (χ1v) is 5.24. The minimum absolute atomic E-state index is 0.0563. The molecule has 0 aromatic heterocycles. The van der Waals surface area contributed by atoms with Gasteiger partial charge in [-0.3, -0.25) is 9.59 Å². The number of hydrogen-bond acceptors (Lipinski definition) is 3. The van der Waals surface area contributed by atoms with Crippen molar-refractivity contribution in [3.05, 3.63) is 0 Å². The number of nitrogens with one attached hydrogen (secondary N) is 1. The van der Waals surface area contributed by atoms with Crippen molar-refractivity contribution < 1.29 is 14.7 Å². The molecule has 15 heavy (non-hydrogen) atoms. The number of rotatable bonds is 4. The molecule has 5 heteroatoms. The Balaban J connectivity index is 2.25. The van der Waals surface area contributed by atoms with Crippen molar-refractivity contribution >= 4 is 11.8 Å². The molecule has 0 saturated carbocycles. The van der Waals surface area contributed by atoms with E-state index < -0.39 is 6.10 Å². The smallest absolute Gasteiger partial charge is 0.225 e. The summed E-state index contributed by atoms with van der Waals surface area (Å²) in [5.41, 5.74) is 0. The zero-order chi connectivity index (χ0) is 11.4. The molecule has 2 amide bonds. The third kappa shape index (κ3) is 3.87. The van der Waals surface area contributed by atoms with Crippen molar-refractivity contribution in [3.8, 4) is 0 Å². The van der Waals surface area contributed by atoms with Crippen molar-refractivity contribution in [2.24, 2.45) is 0 Å². The molecule has 1 rings (SSSR count). The van der Waals surface area contributed by atoms with Gasteiger partial charge >= 0.3 is 0 Å². The van der Waals surface area contributed by atoms with Gasteiger partial charge < -0.3 is 15.3 Å². The second kappa shape index (κ2) is 5.11. The molecular weight excluding hydrogens is 196 g/mol. The summed E-state index contributed by atoms with van der Waals surface area (Å²) in [6.45, 7) is 4.54. The van der Waals surface area contributed by atoms with Gasteiger partial charge in [0.2, 0.25) is 11.8 Å². The first-order valence-electron chi connectivity index (χ1n) is 5.24. The van der Waals surface area contributed by atoms with Crippen LogP contribution in [-0.2, 0) is 9.59 Å². The number of nitrogens with zero attached hydrogens (tertiary/aromatic N) is 1. The molecule has 2 N–H and O–H groups in total. The summed E-state index contributed by atoms with van der Waals surface area (Å²) in [7, 11) is 0. The lowest BCUT2D eigenvalue weighted by atomic mass is 10.3. The Bertz CT molecular complexity index is 253. The van der Waals surface area contributed by atoms with Gasteiger partial charge in [-0.05, 0) is 13.8 Å². The van der Waals surface area contributed by atoms with E-state index in [1.165, 1.54) is 4.90 Å². The Hall–Kier alpha value is -1.10. The Labute approximate surface area is 89.4 Å². The number of carbonyl (C=O) groups excluding carboxylic acids is 2. The molecule has 1 fully saturated rings. The van der Waals surface area contributed by atoms with Crippen LogP contribution in [0, 0.1) is 0 Å². The van der Waals surface area contributed by atoms with Crippen LogP contribution in [0.5, 0.6) is 0 Å². The molecule has 1 aliphatic heterocycles. The summed E-state index contributed by atoms with van der Waals surface area (Å²) >= 11 is 0. The van der Waals surface area contributed by atoms with Gasteiger partial charge in [0.1, 0.15) is 0 Å². The summed E-state index contributed by atoms with van der Waals surface area (Å²) in [6.07, 6.45) is -0.0757. The van der Waals surface area contributed by atoms with Gasteiger partial charge in [-0.1, -0.05) is 0 Å². The number of aliphatic hydroxyl groups excluding tert-OH is 1. The van der Waals surface area contributed by atoms with E-state index in [4.69, 9.17) is 0 Å². The molecule has 1 saturated heterocycles. The minimum atomic E-state index is -0.564. The van der Waals surface area contributed by atoms with Crippen molar-refractivity contribution in [2.75, 3.05) is 13.1 Å². The van der Waals surface area contributed by atoms with Crippen LogP contribution in [0.2, 0.25) is 0 Å². The number of aliphatic hydroxyl groups is 1. The zero-order valence-corrected chi connectivity index (χ0v) is 9.19. The number of carbonyl (C=O) groups is 2. The predicted octanol–water partition coefficient (Wildman–Crippen LogP) is -0.506. The molecule has 1 unspecified atom stereocenters. The molecule has 1 heterocycles. The normalized spacial score (nSPS) is 21.2. The highest BCUT2D eigenvalue weighted by Crippen LogP contribution is 2.10. The first-order chi connectivity index (χ1) is 6.99. The summed E-state index contributed by atoms with van der Waals surface area (Å²) in [5, 5.41) is 12.0. The van der Waals surface area contributed by atoms with Gasteiger partial charge in [0.15, 0.2) is 0 Å². The summed E-state index contributed by atoms with van der Waals surface area (Å²) in [6, 6.07) is 0.123. The van der Waals surface area contributed by atoms with Crippen LogP contribution in [0.4, 0.5) is 0 Å². The van der Waals surface area contributed by atoms with Gasteiger partial charge in [0.05, 0.1) is 12.5 Å². The third-order valence-electron chi connectivity index (χ3n) is 2.25. The van der Waals surface area contributed by atoms with Gasteiger partial charge in [-0.15, -0.1) is 0 Å². The van der Waals surface area contributed by atoms with E-state index >= 15 is 0 Å². The lowest BCUT2D eigenvalue weighted by molar-refractivity contribution is -0.128. The average molecular weight is 214 g/mol. The van der Waals surface area contributed by atoms with Crippen LogP contribution < -0.4 is 5.32 Å². The highest BCUT2D eigenvalue weighted by molar-refractivity contribution is 5.80. The second-order valence-electron chi connectivity index (χ2n) is 4.17. The fraction of sp³-hybridized carbons (Fsp3) is 0.800. The average Bonchev–Trinajstić information content (AvgIpc) is 2.40. The van der Waals surface area contributed by atoms with Crippen molar-refractivity contribution in [1.29, 1.82) is 0 Å². The van der Waals surface area contributed by atoms with E-state index in [0.717, 1.165) is 0 Å². The Morgan fingerprint density at radius 2 is 2.33 bits per heavy atom. The van der Waals surface area contributed by atoms with Crippen LogP contribution >= 0.6 is 0 Å². The van der Waals surface area contributed by atoms with E-state index in [-0.39, 0.29) is 24.3 Å². The van der Waals surface area contributed by atoms with E-state index in [2.05, 4.69) is 5.32 Å². The van der Waals surface area contributed by atoms with E-state index in [0.29, 0.717) is 19.5 Å². The minimum Gasteiger partial charge on any atom is -0.391 e. The fourth-order valence-electron chi connectivity index (χ4n) is 1.60. The Kier molecular flexibility index (Phi) is 4.08. The number of β-amino-alcohol motifs (C(OH)–C–C–N with tert-alkyl or cyclic N) is 1. The number of hydrogen-bond donors (Lipinski definition) is 2. The SMILES string of the molecule is CC(C)NC(=O)CCN1CC(O)CC1=O. The molecule has 1 aliphatic rings. The largest absolute Gasteiger partial charge is 0.391 e. The molecule has 0 spiro atoms. The van der Waals surface area contributed by atoms with Crippen LogP contribution in [-0.4, -0.2) is 47.1 Å². The maximum atomic E-state index is 11.3. The lowest BCUT2D eigenvalue weighted by Gasteiger charge is -2.15. The maximum absolute atomic E-state index is 11.3. The quantitative estimate of drug-likeness (QED) is 0.662. The van der Waals surface area contributed by atoms with Crippen LogP contribution in [0.25, 0.3) is 0 Å². The Morgan fingerprint density at radius 1 is 1.67 bits per heavy atom. The van der Waals surface area contributed by atoms with Crippen LogP contribution in [0.1, 0.15) is 26.7 Å². The van der Waals surface area contributed by atoms with Crippen molar-refractivity contribution in [3.63, 3.8) is 0 Å². The van der Waals surface area contributed by atoms with Crippen LogP contribution in [0.3, 0.4) is 0 Å². The molecule has 0 aromatic rings. The standard InChI is InChI=1S/C10H18N2O3/c1-7(2)11-9(14)3-4-12-6-8(13)5-10(12)15/h7-8,13H,3-6H2,1-2H3,(H,11,14). The van der Waals surface area contributed by atoms with Crippen LogP contribution in [0.15, 0.2) is 0 Å². The molecule has 0 aromatic carbocycles. The summed E-state index contributed by atoms with van der Waals surface area (Å²) < 4.78 is 0. The van der Waals surface area contributed by atoms with Crippen molar-refractivity contribution in [1.82, 2.24) is 10.2 Å². The third-order valence-corrected chi connectivity index (χ3v) is 2.25. The molecule has 0 bridgehead atoms. The van der Waals surface area contributed by atoms with Gasteiger partial charge in [0, 0.05) is 25.6 Å². The number of likely N-dealkylation sites (tertiary alicyclic amines) is 1. The molecule has 86 valence electrons. The van der Waals surface area contributed by atoms with Gasteiger partial charge in [-0.25, -0.2) is 0 Å². The monoisotopic (exact) mass is 214 g/mol. The zero-order valence-electron chi connectivity index (χ0n) is 9.19. The highest BCUT2D eigenvalue weighted by atomic mass is 16.3. The molecule has 0 aliphatic carbocycles. The fourth-order valence-corrected chi connectivity index (χ4v) is 1.60. The van der Waals surface area contributed by atoms with Crippen molar-refractivity contribution in [2.45, 2.75) is 38.8 Å². The number of amides is 2. The first kappa shape index (κ1) is 12.0. The molecule has 1 atom stereocenters. The highest BCUT2D eigenvalue weighted by Gasteiger charge is 2.27. The molecule has 5 nitrogen and oxygen atoms in total. The summed E-state index contributed by atoms with van der Waals surface area (Å²) in [4.78, 5) is 24.1. The summed E-state index contributed by atoms with van der Waals surface area (Å²) in [5.74, 6) is -0.126.